The summed E-state index contributed by atoms with van der Waals surface area (Å²) in [6.07, 6.45) is 2.54. The zero-order valence-electron chi connectivity index (χ0n) is 13.2. The van der Waals surface area contributed by atoms with Crippen LogP contribution < -0.4 is 9.47 Å². The molecule has 1 aromatic carbocycles. The predicted octanol–water partition coefficient (Wildman–Crippen LogP) is 3.35. The number of nitriles is 1. The van der Waals surface area contributed by atoms with Crippen molar-refractivity contribution in [3.63, 3.8) is 0 Å². The van der Waals surface area contributed by atoms with Crippen LogP contribution in [-0.2, 0) is 6.54 Å². The van der Waals surface area contributed by atoms with E-state index >= 15 is 0 Å². The molecular formula is C18H19N3O2. The Bertz CT molecular complexity index is 718. The van der Waals surface area contributed by atoms with Crippen molar-refractivity contribution < 1.29 is 9.47 Å². The summed E-state index contributed by atoms with van der Waals surface area (Å²) in [5.41, 5.74) is 1.49. The third-order valence-electron chi connectivity index (χ3n) is 3.91. The molecule has 2 heterocycles. The van der Waals surface area contributed by atoms with Crippen LogP contribution in [0.25, 0.3) is 0 Å². The van der Waals surface area contributed by atoms with E-state index in [-0.39, 0.29) is 0 Å². The molecule has 0 amide bonds. The molecule has 0 saturated carbocycles. The number of rotatable bonds is 5. The molecule has 118 valence electrons. The van der Waals surface area contributed by atoms with E-state index in [4.69, 9.17) is 14.7 Å². The molecule has 1 aliphatic rings. The lowest BCUT2D eigenvalue weighted by Crippen LogP contribution is -2.18. The summed E-state index contributed by atoms with van der Waals surface area (Å²) < 4.78 is 11.2. The molecule has 0 atom stereocenters. The van der Waals surface area contributed by atoms with Gasteiger partial charge in [0.05, 0.1) is 7.11 Å². The van der Waals surface area contributed by atoms with Gasteiger partial charge in [-0.15, -0.1) is 0 Å². The van der Waals surface area contributed by atoms with Crippen molar-refractivity contribution in [1.82, 2.24) is 9.88 Å². The van der Waals surface area contributed by atoms with Gasteiger partial charge >= 0.3 is 0 Å². The highest BCUT2D eigenvalue weighted by molar-refractivity contribution is 5.42. The van der Waals surface area contributed by atoms with Gasteiger partial charge in [0, 0.05) is 24.2 Å². The number of methoxy groups -OCH3 is 1. The summed E-state index contributed by atoms with van der Waals surface area (Å²) in [5, 5.41) is 8.89. The number of nitrogens with zero attached hydrogens (tertiary/aromatic N) is 3. The molecule has 0 unspecified atom stereocenters. The van der Waals surface area contributed by atoms with E-state index in [1.807, 2.05) is 24.3 Å². The molecule has 5 nitrogen and oxygen atoms in total. The zero-order chi connectivity index (χ0) is 16.1. The van der Waals surface area contributed by atoms with Gasteiger partial charge in [-0.05, 0) is 38.1 Å². The molecule has 0 spiro atoms. The van der Waals surface area contributed by atoms with E-state index in [1.54, 1.807) is 25.3 Å². The Morgan fingerprint density at radius 2 is 2.04 bits per heavy atom. The fourth-order valence-electron chi connectivity index (χ4n) is 2.76. The van der Waals surface area contributed by atoms with Gasteiger partial charge in [0.25, 0.3) is 0 Å². The fourth-order valence-corrected chi connectivity index (χ4v) is 2.76. The van der Waals surface area contributed by atoms with Crippen molar-refractivity contribution in [2.24, 2.45) is 0 Å². The van der Waals surface area contributed by atoms with Crippen LogP contribution in [0.5, 0.6) is 17.4 Å². The van der Waals surface area contributed by atoms with Crippen LogP contribution in [0.1, 0.15) is 24.1 Å². The number of likely N-dealkylation sites (tertiary alicyclic amines) is 1. The van der Waals surface area contributed by atoms with Crippen LogP contribution in [0.2, 0.25) is 0 Å². The van der Waals surface area contributed by atoms with Crippen LogP contribution in [0.15, 0.2) is 36.4 Å². The number of aromatic nitrogens is 1. The normalized spacial score (nSPS) is 14.4. The fraction of sp³-hybridized carbons (Fsp3) is 0.333. The highest BCUT2D eigenvalue weighted by Crippen LogP contribution is 2.29. The van der Waals surface area contributed by atoms with E-state index in [2.05, 4.69) is 9.88 Å². The Hall–Kier alpha value is -2.58. The van der Waals surface area contributed by atoms with Crippen LogP contribution in [-0.4, -0.2) is 30.1 Å². The Balaban J connectivity index is 1.76. The molecular weight excluding hydrogens is 290 g/mol. The number of benzene rings is 1. The minimum absolute atomic E-state index is 0.333. The summed E-state index contributed by atoms with van der Waals surface area (Å²) in [7, 11) is 1.67. The minimum Gasteiger partial charge on any atom is -0.496 e. The maximum atomic E-state index is 8.89. The van der Waals surface area contributed by atoms with Crippen molar-refractivity contribution >= 4 is 0 Å². The molecule has 1 fully saturated rings. The monoisotopic (exact) mass is 309 g/mol. The quantitative estimate of drug-likeness (QED) is 0.847. The lowest BCUT2D eigenvalue weighted by molar-refractivity contribution is 0.320. The van der Waals surface area contributed by atoms with Gasteiger partial charge in [0.15, 0.2) is 0 Å². The van der Waals surface area contributed by atoms with Gasteiger partial charge in [0.1, 0.15) is 23.3 Å². The van der Waals surface area contributed by atoms with E-state index in [0.717, 1.165) is 30.9 Å². The molecule has 5 heteroatoms. The number of pyridine rings is 1. The molecule has 3 rings (SSSR count). The van der Waals surface area contributed by atoms with Crippen molar-refractivity contribution in [2.75, 3.05) is 20.2 Å². The van der Waals surface area contributed by atoms with Crippen LogP contribution in [0, 0.1) is 11.3 Å². The smallest absolute Gasteiger partial charge is 0.220 e. The van der Waals surface area contributed by atoms with Gasteiger partial charge in [-0.1, -0.05) is 12.1 Å². The van der Waals surface area contributed by atoms with Gasteiger partial charge < -0.3 is 9.47 Å². The molecule has 0 radical (unpaired) electrons. The number of hydrogen-bond donors (Lipinski definition) is 0. The van der Waals surface area contributed by atoms with E-state index in [1.165, 1.54) is 12.8 Å². The molecule has 0 bridgehead atoms. The first kappa shape index (κ1) is 15.3. The standard InChI is InChI=1S/C18H19N3O2/c1-22-17-11-16(23-18-6-4-5-15(12-19)20-18)8-7-14(17)13-21-9-2-3-10-21/h4-8,11H,2-3,9-10,13H2,1H3. The van der Waals surface area contributed by atoms with Gasteiger partial charge in [-0.2, -0.15) is 5.26 Å². The summed E-state index contributed by atoms with van der Waals surface area (Å²) >= 11 is 0. The Labute approximate surface area is 136 Å². The minimum atomic E-state index is 0.333. The zero-order valence-corrected chi connectivity index (χ0v) is 13.2. The van der Waals surface area contributed by atoms with E-state index in [0.29, 0.717) is 17.3 Å². The van der Waals surface area contributed by atoms with Crippen LogP contribution in [0.3, 0.4) is 0 Å². The number of hydrogen-bond acceptors (Lipinski definition) is 5. The molecule has 0 aliphatic carbocycles. The lowest BCUT2D eigenvalue weighted by Gasteiger charge is -2.17. The second-order valence-corrected chi connectivity index (χ2v) is 5.53. The highest BCUT2D eigenvalue weighted by atomic mass is 16.5. The topological polar surface area (TPSA) is 58.4 Å². The maximum Gasteiger partial charge on any atom is 0.220 e. The van der Waals surface area contributed by atoms with Crippen molar-refractivity contribution in [1.29, 1.82) is 5.26 Å². The van der Waals surface area contributed by atoms with Gasteiger partial charge in [-0.3, -0.25) is 4.90 Å². The molecule has 1 aromatic heterocycles. The van der Waals surface area contributed by atoms with Crippen molar-refractivity contribution in [3.8, 4) is 23.4 Å². The largest absolute Gasteiger partial charge is 0.496 e. The van der Waals surface area contributed by atoms with Gasteiger partial charge in [-0.25, -0.2) is 4.98 Å². The highest BCUT2D eigenvalue weighted by Gasteiger charge is 2.15. The van der Waals surface area contributed by atoms with E-state index in [9.17, 15) is 0 Å². The molecule has 2 aromatic rings. The van der Waals surface area contributed by atoms with Crippen LogP contribution >= 0.6 is 0 Å². The third kappa shape index (κ3) is 3.79. The average Bonchev–Trinajstić information content (AvgIpc) is 3.09. The second kappa shape index (κ2) is 7.12. The first-order valence-corrected chi connectivity index (χ1v) is 7.73. The Morgan fingerprint density at radius 3 is 2.78 bits per heavy atom. The van der Waals surface area contributed by atoms with E-state index < -0.39 is 0 Å². The second-order valence-electron chi connectivity index (χ2n) is 5.53. The maximum absolute atomic E-state index is 8.89. The van der Waals surface area contributed by atoms with Gasteiger partial charge in [0.2, 0.25) is 5.88 Å². The first-order chi connectivity index (χ1) is 11.3. The Kier molecular flexibility index (Phi) is 4.74. The molecule has 23 heavy (non-hydrogen) atoms. The van der Waals surface area contributed by atoms with Crippen molar-refractivity contribution in [3.05, 3.63) is 47.7 Å². The summed E-state index contributed by atoms with van der Waals surface area (Å²) in [6.45, 7) is 3.18. The third-order valence-corrected chi connectivity index (χ3v) is 3.91. The van der Waals surface area contributed by atoms with Crippen LogP contribution in [0.4, 0.5) is 0 Å². The predicted molar refractivity (Wildman–Crippen MR) is 86.5 cm³/mol. The SMILES string of the molecule is COc1cc(Oc2cccc(C#N)n2)ccc1CN1CCCC1. The molecule has 1 aliphatic heterocycles. The molecule has 0 N–H and O–H groups in total. The summed E-state index contributed by atoms with van der Waals surface area (Å²) in [6, 6.07) is 12.9. The molecule has 1 saturated heterocycles. The lowest BCUT2D eigenvalue weighted by atomic mass is 10.2. The summed E-state index contributed by atoms with van der Waals surface area (Å²) in [4.78, 5) is 6.54. The summed E-state index contributed by atoms with van der Waals surface area (Å²) in [5.74, 6) is 1.86. The average molecular weight is 309 g/mol. The Morgan fingerprint density at radius 1 is 1.22 bits per heavy atom. The van der Waals surface area contributed by atoms with Crippen molar-refractivity contribution in [2.45, 2.75) is 19.4 Å². The first-order valence-electron chi connectivity index (χ1n) is 7.73. The number of ether oxygens (including phenoxy) is 2.